The summed E-state index contributed by atoms with van der Waals surface area (Å²) >= 11 is 0. The van der Waals surface area contributed by atoms with Gasteiger partial charge in [0, 0.05) is 0 Å². The minimum atomic E-state index is -0.0623. The average molecular weight is 230 g/mol. The van der Waals surface area contributed by atoms with Crippen molar-refractivity contribution in [3.8, 4) is 0 Å². The molecule has 2 nitrogen and oxygen atoms in total. The van der Waals surface area contributed by atoms with Crippen molar-refractivity contribution in [2.24, 2.45) is 5.92 Å². The van der Waals surface area contributed by atoms with Crippen LogP contribution in [0.3, 0.4) is 0 Å². The van der Waals surface area contributed by atoms with E-state index >= 15 is 0 Å². The molecular weight excluding hydrogens is 212 g/mol. The van der Waals surface area contributed by atoms with E-state index in [-0.39, 0.29) is 11.9 Å². The summed E-state index contributed by atoms with van der Waals surface area (Å²) in [6, 6.07) is 10.4. The molecule has 17 heavy (non-hydrogen) atoms. The number of hydrogen-bond acceptors (Lipinski definition) is 2. The molecule has 0 N–H and O–H groups in total. The van der Waals surface area contributed by atoms with Gasteiger partial charge in [0.25, 0.3) is 0 Å². The predicted octanol–water partition coefficient (Wildman–Crippen LogP) is 3.43. The summed E-state index contributed by atoms with van der Waals surface area (Å²) in [5, 5.41) is 0. The molecule has 2 heteroatoms. The van der Waals surface area contributed by atoms with E-state index < -0.39 is 0 Å². The summed E-state index contributed by atoms with van der Waals surface area (Å²) in [6.07, 6.45) is 5.99. The largest absolute Gasteiger partial charge is 0.469 e. The molecular formula is C15H18O2. The standard InChI is InChI=1S/C15H18O2/c1-17-15(16)14-9-5-8-13(10-11-14)12-6-3-2-4-7-12/h2-4,6-8,14H,5,9-11H2,1H3. The van der Waals surface area contributed by atoms with Crippen LogP contribution in [0, 0.1) is 5.92 Å². The first-order valence-corrected chi connectivity index (χ1v) is 6.13. The van der Waals surface area contributed by atoms with Gasteiger partial charge in [0.2, 0.25) is 0 Å². The topological polar surface area (TPSA) is 26.3 Å². The highest BCUT2D eigenvalue weighted by atomic mass is 16.5. The normalized spacial score (nSPS) is 20.3. The minimum absolute atomic E-state index is 0.0623. The SMILES string of the molecule is COC(=O)C1CCC=C(c2ccccc2)CC1. The fourth-order valence-corrected chi connectivity index (χ4v) is 2.35. The first kappa shape index (κ1) is 11.9. The fraction of sp³-hybridized carbons (Fsp3) is 0.400. The summed E-state index contributed by atoms with van der Waals surface area (Å²) in [5.41, 5.74) is 2.63. The first-order chi connectivity index (χ1) is 8.31. The molecule has 0 spiro atoms. The molecule has 1 aliphatic rings. The van der Waals surface area contributed by atoms with Crippen molar-refractivity contribution in [3.63, 3.8) is 0 Å². The van der Waals surface area contributed by atoms with Gasteiger partial charge in [0.15, 0.2) is 0 Å². The molecule has 0 heterocycles. The Morgan fingerprint density at radius 1 is 1.24 bits per heavy atom. The second-order valence-electron chi connectivity index (χ2n) is 4.43. The van der Waals surface area contributed by atoms with Crippen LogP contribution in [-0.2, 0) is 9.53 Å². The summed E-state index contributed by atoms with van der Waals surface area (Å²) in [5.74, 6) is 0.00479. The van der Waals surface area contributed by atoms with Gasteiger partial charge in [-0.1, -0.05) is 36.4 Å². The van der Waals surface area contributed by atoms with E-state index in [1.54, 1.807) is 0 Å². The predicted molar refractivity (Wildman–Crippen MR) is 68.4 cm³/mol. The van der Waals surface area contributed by atoms with Crippen molar-refractivity contribution in [1.82, 2.24) is 0 Å². The van der Waals surface area contributed by atoms with Crippen molar-refractivity contribution in [3.05, 3.63) is 42.0 Å². The molecule has 0 aliphatic heterocycles. The van der Waals surface area contributed by atoms with E-state index in [0.29, 0.717) is 0 Å². The number of benzene rings is 1. The van der Waals surface area contributed by atoms with Gasteiger partial charge in [-0.25, -0.2) is 0 Å². The van der Waals surface area contributed by atoms with Gasteiger partial charge in [0.05, 0.1) is 13.0 Å². The van der Waals surface area contributed by atoms with Crippen LogP contribution in [0.4, 0.5) is 0 Å². The third-order valence-corrected chi connectivity index (χ3v) is 3.35. The first-order valence-electron chi connectivity index (χ1n) is 6.13. The second-order valence-corrected chi connectivity index (χ2v) is 4.43. The lowest BCUT2D eigenvalue weighted by molar-refractivity contribution is -0.145. The molecule has 0 radical (unpaired) electrons. The van der Waals surface area contributed by atoms with Crippen LogP contribution in [0.25, 0.3) is 5.57 Å². The van der Waals surface area contributed by atoms with Gasteiger partial charge < -0.3 is 4.74 Å². The van der Waals surface area contributed by atoms with Crippen LogP contribution < -0.4 is 0 Å². The van der Waals surface area contributed by atoms with Crippen LogP contribution >= 0.6 is 0 Å². The van der Waals surface area contributed by atoms with Crippen molar-refractivity contribution < 1.29 is 9.53 Å². The lowest BCUT2D eigenvalue weighted by Gasteiger charge is -2.11. The van der Waals surface area contributed by atoms with E-state index in [1.165, 1.54) is 18.2 Å². The third-order valence-electron chi connectivity index (χ3n) is 3.35. The van der Waals surface area contributed by atoms with Crippen LogP contribution in [0.1, 0.15) is 31.2 Å². The average Bonchev–Trinajstić information content (AvgIpc) is 2.64. The van der Waals surface area contributed by atoms with Gasteiger partial charge in [-0.3, -0.25) is 4.79 Å². The molecule has 0 fully saturated rings. The molecule has 0 aromatic heterocycles. The Bertz CT molecular complexity index is 406. The summed E-state index contributed by atoms with van der Waals surface area (Å²) in [6.45, 7) is 0. The number of rotatable bonds is 2. The monoisotopic (exact) mass is 230 g/mol. The number of hydrogen-bond donors (Lipinski definition) is 0. The van der Waals surface area contributed by atoms with Gasteiger partial charge >= 0.3 is 5.97 Å². The maximum Gasteiger partial charge on any atom is 0.308 e. The zero-order valence-electron chi connectivity index (χ0n) is 10.2. The Hall–Kier alpha value is -1.57. The second kappa shape index (κ2) is 5.67. The molecule has 1 atom stereocenters. The van der Waals surface area contributed by atoms with E-state index in [9.17, 15) is 4.79 Å². The zero-order valence-corrected chi connectivity index (χ0v) is 10.2. The van der Waals surface area contributed by atoms with Crippen molar-refractivity contribution in [2.75, 3.05) is 7.11 Å². The number of carbonyl (C=O) groups excluding carboxylic acids is 1. The molecule has 0 amide bonds. The fourth-order valence-electron chi connectivity index (χ4n) is 2.35. The maximum atomic E-state index is 11.5. The quantitative estimate of drug-likeness (QED) is 0.727. The number of methoxy groups -OCH3 is 1. The van der Waals surface area contributed by atoms with Gasteiger partial charge in [-0.2, -0.15) is 0 Å². The molecule has 1 aromatic carbocycles. The molecule has 1 aliphatic carbocycles. The van der Waals surface area contributed by atoms with Crippen LogP contribution in [0.5, 0.6) is 0 Å². The van der Waals surface area contributed by atoms with E-state index in [1.807, 2.05) is 6.07 Å². The van der Waals surface area contributed by atoms with Crippen molar-refractivity contribution in [2.45, 2.75) is 25.7 Å². The summed E-state index contributed by atoms with van der Waals surface area (Å²) < 4.78 is 4.82. The van der Waals surface area contributed by atoms with Gasteiger partial charge in [-0.05, 0) is 36.8 Å². The van der Waals surface area contributed by atoms with Gasteiger partial charge in [-0.15, -0.1) is 0 Å². The summed E-state index contributed by atoms with van der Waals surface area (Å²) in [4.78, 5) is 11.5. The third kappa shape index (κ3) is 2.96. The van der Waals surface area contributed by atoms with Crippen LogP contribution in [0.2, 0.25) is 0 Å². The van der Waals surface area contributed by atoms with E-state index in [2.05, 4.69) is 30.3 Å². The number of esters is 1. The highest BCUT2D eigenvalue weighted by molar-refractivity contribution is 5.73. The Labute approximate surface area is 102 Å². The lowest BCUT2D eigenvalue weighted by Crippen LogP contribution is -2.15. The van der Waals surface area contributed by atoms with Crippen LogP contribution in [-0.4, -0.2) is 13.1 Å². The number of allylic oxidation sites excluding steroid dienone is 2. The molecule has 0 saturated heterocycles. The zero-order chi connectivity index (χ0) is 12.1. The smallest absolute Gasteiger partial charge is 0.308 e. The Kier molecular flexibility index (Phi) is 3.97. The Balaban J connectivity index is 2.05. The molecule has 0 bridgehead atoms. The molecule has 0 saturated carbocycles. The minimum Gasteiger partial charge on any atom is -0.469 e. The maximum absolute atomic E-state index is 11.5. The highest BCUT2D eigenvalue weighted by Crippen LogP contribution is 2.29. The number of carbonyl (C=O) groups is 1. The van der Waals surface area contributed by atoms with Crippen LogP contribution in [0.15, 0.2) is 36.4 Å². The summed E-state index contributed by atoms with van der Waals surface area (Å²) in [7, 11) is 1.47. The van der Waals surface area contributed by atoms with Crippen molar-refractivity contribution in [1.29, 1.82) is 0 Å². The van der Waals surface area contributed by atoms with Gasteiger partial charge in [0.1, 0.15) is 0 Å². The van der Waals surface area contributed by atoms with E-state index in [4.69, 9.17) is 4.74 Å². The Morgan fingerprint density at radius 2 is 2.00 bits per heavy atom. The van der Waals surface area contributed by atoms with E-state index in [0.717, 1.165) is 25.7 Å². The molecule has 90 valence electrons. The number of ether oxygens (including phenoxy) is 1. The van der Waals surface area contributed by atoms with Crippen molar-refractivity contribution >= 4 is 11.5 Å². The Morgan fingerprint density at radius 3 is 2.71 bits per heavy atom. The molecule has 1 unspecified atom stereocenters. The lowest BCUT2D eigenvalue weighted by atomic mass is 9.97. The molecule has 1 aromatic rings. The highest BCUT2D eigenvalue weighted by Gasteiger charge is 2.21. The molecule has 2 rings (SSSR count).